The summed E-state index contributed by atoms with van der Waals surface area (Å²) in [6.07, 6.45) is 15.4. The first-order valence-electron chi connectivity index (χ1n) is 10.9. The van der Waals surface area contributed by atoms with E-state index in [0.717, 1.165) is 43.3 Å². The minimum atomic E-state index is 0.172. The molecular weight excluding hydrogens is 360 g/mol. The van der Waals surface area contributed by atoms with Gasteiger partial charge in [-0.1, -0.05) is 19.4 Å². The van der Waals surface area contributed by atoms with Crippen molar-refractivity contribution in [2.45, 2.75) is 32.2 Å². The first kappa shape index (κ1) is 19.9. The van der Waals surface area contributed by atoms with Crippen LogP contribution in [-0.2, 0) is 6.54 Å². The zero-order valence-electron chi connectivity index (χ0n) is 17.3. The van der Waals surface area contributed by atoms with Crippen molar-refractivity contribution in [2.24, 2.45) is 5.92 Å². The van der Waals surface area contributed by atoms with Crippen LogP contribution in [-0.4, -0.2) is 43.7 Å². The van der Waals surface area contributed by atoms with E-state index in [1.165, 1.54) is 37.1 Å². The number of rotatable bonds is 7. The smallest absolute Gasteiger partial charge is 0.309 e. The van der Waals surface area contributed by atoms with Crippen LogP contribution in [0.15, 0.2) is 61.7 Å². The molecule has 1 atom stereocenters. The molecule has 1 saturated heterocycles. The van der Waals surface area contributed by atoms with E-state index in [1.807, 2.05) is 30.6 Å². The van der Waals surface area contributed by atoms with E-state index in [-0.39, 0.29) is 5.91 Å². The van der Waals surface area contributed by atoms with Crippen molar-refractivity contribution in [3.63, 3.8) is 0 Å². The lowest BCUT2D eigenvalue weighted by Gasteiger charge is -2.17. The lowest BCUT2D eigenvalue weighted by Crippen LogP contribution is -3.12. The highest BCUT2D eigenvalue weighted by Crippen LogP contribution is 2.25. The van der Waals surface area contributed by atoms with Crippen molar-refractivity contribution in [1.82, 2.24) is 4.90 Å². The van der Waals surface area contributed by atoms with Gasteiger partial charge in [-0.25, -0.2) is 9.36 Å². The van der Waals surface area contributed by atoms with Crippen LogP contribution in [0, 0.1) is 5.92 Å². The Morgan fingerprint density at radius 2 is 1.76 bits per heavy atom. The largest absolute Gasteiger partial charge is 0.446 e. The molecule has 1 unspecified atom stereocenters. The summed E-state index contributed by atoms with van der Waals surface area (Å²) in [5, 5.41) is 0. The van der Waals surface area contributed by atoms with Crippen LogP contribution in [0.3, 0.4) is 0 Å². The summed E-state index contributed by atoms with van der Waals surface area (Å²) in [5.74, 6) is 1.06. The van der Waals surface area contributed by atoms with E-state index in [4.69, 9.17) is 0 Å². The molecule has 2 aromatic rings. The van der Waals surface area contributed by atoms with Gasteiger partial charge in [0, 0.05) is 30.8 Å². The molecule has 1 aliphatic heterocycles. The summed E-state index contributed by atoms with van der Waals surface area (Å²) >= 11 is 0. The number of carbonyl (C=O) groups is 1. The molecule has 29 heavy (non-hydrogen) atoms. The molecule has 2 fully saturated rings. The van der Waals surface area contributed by atoms with Crippen LogP contribution in [0.2, 0.25) is 0 Å². The maximum atomic E-state index is 12.7. The number of pyridine rings is 2. The Labute approximate surface area is 173 Å². The number of aromatic nitrogens is 2. The fraction of sp³-hybridized carbons (Fsp3) is 0.458. The number of nitrogens with zero attached hydrogens (tertiary/aromatic N) is 3. The predicted molar refractivity (Wildman–Crippen MR) is 112 cm³/mol. The first-order chi connectivity index (χ1) is 14.2. The highest BCUT2D eigenvalue weighted by Gasteiger charge is 2.30. The average Bonchev–Trinajstić information content (AvgIpc) is 3.41. The lowest BCUT2D eigenvalue weighted by atomic mass is 10.1. The third-order valence-electron chi connectivity index (χ3n) is 6.30. The van der Waals surface area contributed by atoms with Gasteiger partial charge in [0.25, 0.3) is 0 Å². The van der Waals surface area contributed by atoms with E-state index in [0.29, 0.717) is 6.54 Å². The van der Waals surface area contributed by atoms with E-state index in [1.54, 1.807) is 4.57 Å². The summed E-state index contributed by atoms with van der Waals surface area (Å²) in [6.45, 7) is 9.58. The Hall–Kier alpha value is -2.37. The fourth-order valence-corrected chi connectivity index (χ4v) is 4.66. The summed E-state index contributed by atoms with van der Waals surface area (Å²) in [7, 11) is 0. The van der Waals surface area contributed by atoms with Crippen molar-refractivity contribution >= 4 is 5.91 Å². The molecule has 3 heterocycles. The normalized spacial score (nSPS) is 20.2. The number of hydrogen-bond acceptors (Lipinski definition) is 2. The number of allylic oxidation sites excluding steroid dienone is 1. The SMILES string of the molecule is C=CC[n+]1ccc(-c2cc[n+](C(=O)C[NH+]3CCN(CC4CCCC4)C3)cc2)cc1. The third-order valence-corrected chi connectivity index (χ3v) is 6.30. The Balaban J connectivity index is 1.30. The zero-order chi connectivity index (χ0) is 20.1. The molecule has 1 N–H and O–H groups in total. The van der Waals surface area contributed by atoms with Gasteiger partial charge in [-0.2, -0.15) is 0 Å². The maximum absolute atomic E-state index is 12.7. The Morgan fingerprint density at radius 1 is 1.10 bits per heavy atom. The van der Waals surface area contributed by atoms with Crippen molar-refractivity contribution in [3.05, 3.63) is 61.7 Å². The molecule has 1 saturated carbocycles. The van der Waals surface area contributed by atoms with Gasteiger partial charge in [0.05, 0.1) is 13.1 Å². The quantitative estimate of drug-likeness (QED) is 0.565. The van der Waals surface area contributed by atoms with Gasteiger partial charge in [0.2, 0.25) is 6.54 Å². The molecule has 0 aromatic carbocycles. The Kier molecular flexibility index (Phi) is 6.47. The van der Waals surface area contributed by atoms with Crippen LogP contribution < -0.4 is 14.0 Å². The van der Waals surface area contributed by atoms with Gasteiger partial charge >= 0.3 is 5.91 Å². The topological polar surface area (TPSA) is 32.5 Å². The van der Waals surface area contributed by atoms with Crippen molar-refractivity contribution in [3.8, 4) is 11.1 Å². The minimum Gasteiger partial charge on any atom is -0.309 e. The second-order valence-electron chi connectivity index (χ2n) is 8.52. The summed E-state index contributed by atoms with van der Waals surface area (Å²) in [4.78, 5) is 16.7. The maximum Gasteiger partial charge on any atom is 0.446 e. The third kappa shape index (κ3) is 5.17. The van der Waals surface area contributed by atoms with Crippen molar-refractivity contribution in [1.29, 1.82) is 0 Å². The highest BCUT2D eigenvalue weighted by atomic mass is 16.2. The van der Waals surface area contributed by atoms with E-state index < -0.39 is 0 Å². The molecule has 0 amide bonds. The minimum absolute atomic E-state index is 0.172. The summed E-state index contributed by atoms with van der Waals surface area (Å²) in [5.41, 5.74) is 2.27. The molecule has 0 bridgehead atoms. The zero-order valence-corrected chi connectivity index (χ0v) is 17.3. The van der Waals surface area contributed by atoms with Gasteiger partial charge in [0.15, 0.2) is 31.3 Å². The number of hydrogen-bond donors (Lipinski definition) is 1. The van der Waals surface area contributed by atoms with Crippen molar-refractivity contribution in [2.75, 3.05) is 32.8 Å². The van der Waals surface area contributed by atoms with Crippen LogP contribution >= 0.6 is 0 Å². The first-order valence-corrected chi connectivity index (χ1v) is 10.9. The second kappa shape index (κ2) is 9.42. The number of nitrogens with one attached hydrogen (secondary N) is 1. The Morgan fingerprint density at radius 3 is 2.41 bits per heavy atom. The van der Waals surface area contributed by atoms with Gasteiger partial charge in [-0.3, -0.25) is 4.90 Å². The molecule has 2 aliphatic rings. The average molecular weight is 394 g/mol. The second-order valence-corrected chi connectivity index (χ2v) is 8.52. The monoisotopic (exact) mass is 393 g/mol. The molecule has 0 radical (unpaired) electrons. The molecule has 2 aromatic heterocycles. The molecule has 1 aliphatic carbocycles. The van der Waals surface area contributed by atoms with E-state index >= 15 is 0 Å². The molecule has 4 rings (SSSR count). The summed E-state index contributed by atoms with van der Waals surface area (Å²) < 4.78 is 3.81. The van der Waals surface area contributed by atoms with Crippen LogP contribution in [0.5, 0.6) is 0 Å². The molecule has 5 nitrogen and oxygen atoms in total. The van der Waals surface area contributed by atoms with Crippen LogP contribution in [0.4, 0.5) is 0 Å². The number of quaternary nitrogens is 1. The molecule has 152 valence electrons. The molecule has 0 spiro atoms. The predicted octanol–water partition coefficient (Wildman–Crippen LogP) is 1.10. The van der Waals surface area contributed by atoms with Gasteiger partial charge < -0.3 is 4.90 Å². The number of carbonyl (C=O) groups excluding carboxylic acids is 1. The molecule has 5 heteroatoms. The van der Waals surface area contributed by atoms with Gasteiger partial charge in [0.1, 0.15) is 6.67 Å². The molecular formula is C24H33N4O+3. The van der Waals surface area contributed by atoms with Gasteiger partial charge in [-0.05, 0) is 36.0 Å². The summed E-state index contributed by atoms with van der Waals surface area (Å²) in [6, 6.07) is 8.24. The standard InChI is InChI=1S/C24H32N4O/c1-2-11-25-12-7-22(8-13-25)23-9-14-28(15-10-23)24(29)19-27-17-16-26(20-27)18-21-5-3-4-6-21/h2,7-10,12-15,21H,1,3-6,11,16-20H2/q+2/p+1. The highest BCUT2D eigenvalue weighted by molar-refractivity contribution is 5.68. The van der Waals surface area contributed by atoms with Crippen LogP contribution in [0.25, 0.3) is 11.1 Å². The van der Waals surface area contributed by atoms with E-state index in [9.17, 15) is 4.79 Å². The fourth-order valence-electron chi connectivity index (χ4n) is 4.66. The lowest BCUT2D eigenvalue weighted by molar-refractivity contribution is -0.888. The van der Waals surface area contributed by atoms with Crippen molar-refractivity contribution < 1.29 is 18.8 Å². The van der Waals surface area contributed by atoms with Gasteiger partial charge in [-0.15, -0.1) is 4.57 Å². The van der Waals surface area contributed by atoms with Crippen LogP contribution in [0.1, 0.15) is 30.5 Å². The Bertz CT molecular complexity index is 825. The van der Waals surface area contributed by atoms with E-state index in [2.05, 4.69) is 40.6 Å².